The molecule has 0 spiro atoms. The number of fused-ring (bicyclic) bond motifs is 1. The lowest BCUT2D eigenvalue weighted by Crippen LogP contribution is -1.98. The number of hydrogen-bond acceptors (Lipinski definition) is 2. The van der Waals surface area contributed by atoms with E-state index < -0.39 is 18.1 Å². The normalized spacial score (nSPS) is 11.5. The molecule has 0 N–H and O–H groups in total. The average Bonchev–Trinajstić information content (AvgIpc) is 3.02. The van der Waals surface area contributed by atoms with Crippen LogP contribution in [0.25, 0.3) is 20.5 Å². The first-order valence-electron chi connectivity index (χ1n) is 8.42. The highest BCUT2D eigenvalue weighted by Gasteiger charge is 2.21. The van der Waals surface area contributed by atoms with Gasteiger partial charge in [0.2, 0.25) is 5.82 Å². The Morgan fingerprint density at radius 1 is 1.04 bits per heavy atom. The van der Waals surface area contributed by atoms with Crippen molar-refractivity contribution < 1.29 is 22.3 Å². The minimum absolute atomic E-state index is 0.00702. The van der Waals surface area contributed by atoms with Gasteiger partial charge in [-0.1, -0.05) is 25.5 Å². The van der Waals surface area contributed by atoms with Gasteiger partial charge in [-0.25, -0.2) is 13.2 Å². The second-order valence-corrected chi connectivity index (χ2v) is 6.94. The largest absolute Gasteiger partial charge is 0.491 e. The number of hydrogen-bond donors (Lipinski definition) is 0. The Morgan fingerprint density at radius 3 is 2.46 bits per heavy atom. The van der Waals surface area contributed by atoms with Crippen LogP contribution in [0.2, 0.25) is 0 Å². The molecule has 0 fully saturated rings. The van der Waals surface area contributed by atoms with Crippen LogP contribution in [0.5, 0.6) is 5.75 Å². The van der Waals surface area contributed by atoms with E-state index in [-0.39, 0.29) is 23.5 Å². The summed E-state index contributed by atoms with van der Waals surface area (Å²) in [6.45, 7) is 3.82. The van der Waals surface area contributed by atoms with Gasteiger partial charge in [0, 0.05) is 20.7 Å². The molecule has 138 valence electrons. The third kappa shape index (κ3) is 3.30. The smallest absolute Gasteiger partial charge is 0.265 e. The lowest BCUT2D eigenvalue weighted by molar-refractivity contribution is 0.152. The number of rotatable bonds is 6. The number of halogens is 4. The van der Waals surface area contributed by atoms with Gasteiger partial charge in [-0.05, 0) is 42.5 Å². The lowest BCUT2D eigenvalue weighted by atomic mass is 10.0. The Morgan fingerprint density at radius 2 is 1.81 bits per heavy atom. The number of aryl methyl sites for hydroxylation is 1. The van der Waals surface area contributed by atoms with Gasteiger partial charge in [0.25, 0.3) is 6.43 Å². The molecule has 1 aromatic heterocycles. The summed E-state index contributed by atoms with van der Waals surface area (Å²) in [7, 11) is 0. The van der Waals surface area contributed by atoms with Crippen LogP contribution in [0.15, 0.2) is 30.3 Å². The molecule has 0 atom stereocenters. The van der Waals surface area contributed by atoms with E-state index in [4.69, 9.17) is 4.74 Å². The second-order valence-electron chi connectivity index (χ2n) is 5.89. The van der Waals surface area contributed by atoms with Crippen molar-refractivity contribution in [3.8, 4) is 16.2 Å². The molecule has 0 amide bonds. The second kappa shape index (κ2) is 7.66. The predicted octanol–water partition coefficient (Wildman–Crippen LogP) is 7.14. The van der Waals surface area contributed by atoms with Crippen molar-refractivity contribution in [1.29, 1.82) is 0 Å². The molecule has 3 rings (SSSR count). The van der Waals surface area contributed by atoms with Crippen LogP contribution in [0.4, 0.5) is 17.6 Å². The molecule has 26 heavy (non-hydrogen) atoms. The third-order valence-corrected chi connectivity index (χ3v) is 5.38. The maximum absolute atomic E-state index is 14.5. The summed E-state index contributed by atoms with van der Waals surface area (Å²) in [5.74, 6) is -2.26. The summed E-state index contributed by atoms with van der Waals surface area (Å²) < 4.78 is 61.3. The van der Waals surface area contributed by atoms with Gasteiger partial charge in [-0.15, -0.1) is 11.3 Å². The van der Waals surface area contributed by atoms with Gasteiger partial charge < -0.3 is 4.74 Å². The van der Waals surface area contributed by atoms with E-state index in [2.05, 4.69) is 0 Å². The first kappa shape index (κ1) is 18.7. The molecular formula is C20H18F4OS. The van der Waals surface area contributed by atoms with Crippen molar-refractivity contribution in [3.05, 3.63) is 53.1 Å². The van der Waals surface area contributed by atoms with Gasteiger partial charge in [0.15, 0.2) is 11.6 Å². The monoisotopic (exact) mass is 382 g/mol. The topological polar surface area (TPSA) is 9.23 Å². The Bertz CT molecular complexity index is 933. The molecule has 0 saturated heterocycles. The van der Waals surface area contributed by atoms with Crippen molar-refractivity contribution in [2.24, 2.45) is 0 Å². The molecular weight excluding hydrogens is 364 g/mol. The fraction of sp³-hybridized carbons (Fsp3) is 0.300. The van der Waals surface area contributed by atoms with E-state index in [0.29, 0.717) is 26.9 Å². The molecule has 1 nitrogen and oxygen atoms in total. The molecule has 0 aliphatic rings. The Hall–Kier alpha value is -2.08. The summed E-state index contributed by atoms with van der Waals surface area (Å²) in [5.41, 5.74) is 0.638. The molecule has 0 saturated carbocycles. The van der Waals surface area contributed by atoms with Crippen LogP contribution in [0.1, 0.15) is 37.8 Å². The summed E-state index contributed by atoms with van der Waals surface area (Å²) in [5, 5.41) is 0.605. The highest BCUT2D eigenvalue weighted by molar-refractivity contribution is 7.22. The summed E-state index contributed by atoms with van der Waals surface area (Å²) in [4.78, 5) is 0.412. The van der Waals surface area contributed by atoms with E-state index in [9.17, 15) is 17.6 Å². The van der Waals surface area contributed by atoms with E-state index in [1.165, 1.54) is 12.1 Å². The van der Waals surface area contributed by atoms with Crippen molar-refractivity contribution in [3.63, 3.8) is 0 Å². The maximum atomic E-state index is 14.5. The molecule has 0 unspecified atom stereocenters. The van der Waals surface area contributed by atoms with Gasteiger partial charge in [0.05, 0.1) is 6.61 Å². The molecule has 2 aromatic carbocycles. The van der Waals surface area contributed by atoms with Gasteiger partial charge in [0.1, 0.15) is 0 Å². The quantitative estimate of drug-likeness (QED) is 0.412. The SMILES string of the molecule is CCCc1ccc2cc(-c3ccc(OCC)c(F)c3F)sc2c1C(F)F. The lowest BCUT2D eigenvalue weighted by Gasteiger charge is -2.09. The van der Waals surface area contributed by atoms with E-state index >= 15 is 0 Å². The van der Waals surface area contributed by atoms with E-state index in [1.54, 1.807) is 25.1 Å². The summed E-state index contributed by atoms with van der Waals surface area (Å²) in [6.07, 6.45) is -1.31. The molecule has 1 heterocycles. The summed E-state index contributed by atoms with van der Waals surface area (Å²) in [6, 6.07) is 7.86. The third-order valence-electron chi connectivity index (χ3n) is 4.17. The number of alkyl halides is 2. The fourth-order valence-corrected chi connectivity index (χ4v) is 4.26. The molecule has 0 bridgehead atoms. The maximum Gasteiger partial charge on any atom is 0.265 e. The Balaban J connectivity index is 2.16. The number of benzene rings is 2. The van der Waals surface area contributed by atoms with Crippen molar-refractivity contribution in [2.75, 3.05) is 6.61 Å². The van der Waals surface area contributed by atoms with Crippen molar-refractivity contribution >= 4 is 21.4 Å². The first-order chi connectivity index (χ1) is 12.5. The van der Waals surface area contributed by atoms with Crippen LogP contribution in [-0.4, -0.2) is 6.61 Å². The molecule has 0 aliphatic carbocycles. The Kier molecular flexibility index (Phi) is 5.51. The predicted molar refractivity (Wildman–Crippen MR) is 97.3 cm³/mol. The highest BCUT2D eigenvalue weighted by Crippen LogP contribution is 2.42. The van der Waals surface area contributed by atoms with Crippen LogP contribution in [-0.2, 0) is 6.42 Å². The molecule has 3 aromatic rings. The first-order valence-corrected chi connectivity index (χ1v) is 9.24. The van der Waals surface area contributed by atoms with E-state index in [1.807, 2.05) is 6.92 Å². The Labute approximate surface area is 153 Å². The zero-order valence-corrected chi connectivity index (χ0v) is 15.2. The average molecular weight is 382 g/mol. The standard InChI is InChI=1S/C20H18F4OS/c1-3-5-11-6-7-12-10-15(26-19(12)16(11)20(23)24)13-8-9-14(25-4-2)18(22)17(13)21/h6-10,20H,3-5H2,1-2H3. The van der Waals surface area contributed by atoms with Crippen molar-refractivity contribution in [1.82, 2.24) is 0 Å². The molecule has 0 aliphatic heterocycles. The summed E-state index contributed by atoms with van der Waals surface area (Å²) >= 11 is 1.06. The van der Waals surface area contributed by atoms with Gasteiger partial charge in [-0.2, -0.15) is 4.39 Å². The number of thiophene rings is 1. The van der Waals surface area contributed by atoms with Crippen molar-refractivity contribution in [2.45, 2.75) is 33.1 Å². The van der Waals surface area contributed by atoms with Gasteiger partial charge in [-0.3, -0.25) is 0 Å². The van der Waals surface area contributed by atoms with Crippen LogP contribution >= 0.6 is 11.3 Å². The number of ether oxygens (including phenoxy) is 1. The highest BCUT2D eigenvalue weighted by atomic mass is 32.1. The zero-order valence-electron chi connectivity index (χ0n) is 14.4. The van der Waals surface area contributed by atoms with Gasteiger partial charge >= 0.3 is 0 Å². The molecule has 0 radical (unpaired) electrons. The zero-order chi connectivity index (χ0) is 18.8. The van der Waals surface area contributed by atoms with Crippen LogP contribution in [0, 0.1) is 11.6 Å². The molecule has 6 heteroatoms. The minimum atomic E-state index is -2.62. The van der Waals surface area contributed by atoms with E-state index in [0.717, 1.165) is 17.8 Å². The van der Waals surface area contributed by atoms with Crippen LogP contribution in [0.3, 0.4) is 0 Å². The fourth-order valence-electron chi connectivity index (χ4n) is 3.01. The van der Waals surface area contributed by atoms with Crippen LogP contribution < -0.4 is 4.74 Å². The minimum Gasteiger partial charge on any atom is -0.491 e.